The molecular weight excluding hydrogens is 234 g/mol. The van der Waals surface area contributed by atoms with Gasteiger partial charge in [0.05, 0.1) is 25.3 Å². The monoisotopic (exact) mass is 249 g/mol. The van der Waals surface area contributed by atoms with Gasteiger partial charge < -0.3 is 9.47 Å². The lowest BCUT2D eigenvalue weighted by atomic mass is 10.2. The van der Waals surface area contributed by atoms with Crippen LogP contribution in [0.25, 0.3) is 0 Å². The summed E-state index contributed by atoms with van der Waals surface area (Å²) in [4.78, 5) is 24.9. The van der Waals surface area contributed by atoms with Gasteiger partial charge in [0.25, 0.3) is 0 Å². The maximum atomic E-state index is 12.0. The third-order valence-electron chi connectivity index (χ3n) is 2.62. The van der Waals surface area contributed by atoms with E-state index in [0.29, 0.717) is 24.7 Å². The first-order valence-electron chi connectivity index (χ1n) is 5.90. The van der Waals surface area contributed by atoms with Gasteiger partial charge in [-0.15, -0.1) is 0 Å². The molecule has 0 radical (unpaired) electrons. The molecule has 0 aromatic heterocycles. The van der Waals surface area contributed by atoms with Gasteiger partial charge in [-0.3, -0.25) is 14.5 Å². The van der Waals surface area contributed by atoms with Crippen LogP contribution < -0.4 is 9.64 Å². The zero-order chi connectivity index (χ0) is 13.0. The Hall–Kier alpha value is -2.04. The molecule has 0 atom stereocenters. The third kappa shape index (κ3) is 2.61. The fourth-order valence-corrected chi connectivity index (χ4v) is 1.83. The minimum Gasteiger partial charge on any atom is -0.491 e. The van der Waals surface area contributed by atoms with Gasteiger partial charge in [-0.1, -0.05) is 12.1 Å². The van der Waals surface area contributed by atoms with Crippen LogP contribution in [-0.2, 0) is 14.3 Å². The molecule has 0 saturated heterocycles. The highest BCUT2D eigenvalue weighted by molar-refractivity contribution is 5.99. The molecule has 96 valence electrons. The van der Waals surface area contributed by atoms with E-state index in [1.165, 1.54) is 4.90 Å². The number of hydrogen-bond donors (Lipinski definition) is 0. The number of anilines is 1. The Morgan fingerprint density at radius 2 is 2.22 bits per heavy atom. The lowest BCUT2D eigenvalue weighted by Crippen LogP contribution is -2.36. The molecule has 5 heteroatoms. The molecule has 2 rings (SSSR count). The van der Waals surface area contributed by atoms with E-state index < -0.39 is 5.97 Å². The molecule has 5 nitrogen and oxygen atoms in total. The molecule has 1 aliphatic heterocycles. The van der Waals surface area contributed by atoms with Crippen molar-refractivity contribution in [1.29, 1.82) is 0 Å². The van der Waals surface area contributed by atoms with Crippen LogP contribution >= 0.6 is 0 Å². The van der Waals surface area contributed by atoms with E-state index in [9.17, 15) is 9.59 Å². The van der Waals surface area contributed by atoms with Crippen molar-refractivity contribution >= 4 is 17.6 Å². The summed E-state index contributed by atoms with van der Waals surface area (Å²) in [6.45, 7) is 2.29. The summed E-state index contributed by atoms with van der Waals surface area (Å²) >= 11 is 0. The first kappa shape index (κ1) is 12.4. The number of rotatable bonds is 3. The van der Waals surface area contributed by atoms with Gasteiger partial charge in [0.2, 0.25) is 5.91 Å². The Bertz CT molecular complexity index is 458. The van der Waals surface area contributed by atoms with Crippen LogP contribution in [-0.4, -0.2) is 31.6 Å². The fourth-order valence-electron chi connectivity index (χ4n) is 1.83. The Morgan fingerprint density at radius 3 is 3.00 bits per heavy atom. The van der Waals surface area contributed by atoms with Gasteiger partial charge >= 0.3 is 5.97 Å². The Morgan fingerprint density at radius 1 is 1.44 bits per heavy atom. The smallest absolute Gasteiger partial charge is 0.326 e. The van der Waals surface area contributed by atoms with E-state index in [2.05, 4.69) is 0 Å². The van der Waals surface area contributed by atoms with Gasteiger partial charge in [-0.25, -0.2) is 0 Å². The number of carbonyl (C=O) groups is 2. The standard InChI is InChI=1S/C13H15NO4/c1-2-17-13(16)9-14-10-5-3-4-6-11(10)18-8-7-12(14)15/h3-6H,2,7-9H2,1H3. The lowest BCUT2D eigenvalue weighted by molar-refractivity contribution is -0.142. The second-order valence-corrected chi connectivity index (χ2v) is 3.85. The van der Waals surface area contributed by atoms with Crippen molar-refractivity contribution < 1.29 is 19.1 Å². The summed E-state index contributed by atoms with van der Waals surface area (Å²) in [5.74, 6) is 0.0724. The molecular formula is C13H15NO4. The molecule has 1 amide bonds. The quantitative estimate of drug-likeness (QED) is 0.759. The first-order chi connectivity index (χ1) is 8.72. The summed E-state index contributed by atoms with van der Waals surface area (Å²) in [6.07, 6.45) is 0.258. The largest absolute Gasteiger partial charge is 0.491 e. The average Bonchev–Trinajstić information content (AvgIpc) is 2.51. The average molecular weight is 249 g/mol. The van der Waals surface area contributed by atoms with Gasteiger partial charge in [0.15, 0.2) is 0 Å². The summed E-state index contributed by atoms with van der Waals surface area (Å²) in [5.41, 5.74) is 0.619. The highest BCUT2D eigenvalue weighted by Crippen LogP contribution is 2.30. The van der Waals surface area contributed by atoms with E-state index in [1.54, 1.807) is 25.1 Å². The van der Waals surface area contributed by atoms with Crippen LogP contribution in [0.3, 0.4) is 0 Å². The number of ether oxygens (including phenoxy) is 2. The van der Waals surface area contributed by atoms with Crippen molar-refractivity contribution in [3.05, 3.63) is 24.3 Å². The predicted octanol–water partition coefficient (Wildman–Crippen LogP) is 1.37. The van der Waals surface area contributed by atoms with Crippen molar-refractivity contribution in [1.82, 2.24) is 0 Å². The number of para-hydroxylation sites is 2. The predicted molar refractivity (Wildman–Crippen MR) is 65.5 cm³/mol. The summed E-state index contributed by atoms with van der Waals surface area (Å²) in [6, 6.07) is 7.18. The topological polar surface area (TPSA) is 55.8 Å². The number of esters is 1. The van der Waals surface area contributed by atoms with E-state index in [-0.39, 0.29) is 18.9 Å². The van der Waals surface area contributed by atoms with Crippen LogP contribution in [0.15, 0.2) is 24.3 Å². The molecule has 1 aliphatic rings. The first-order valence-corrected chi connectivity index (χ1v) is 5.90. The molecule has 18 heavy (non-hydrogen) atoms. The molecule has 1 aromatic carbocycles. The third-order valence-corrected chi connectivity index (χ3v) is 2.62. The molecule has 0 bridgehead atoms. The van der Waals surface area contributed by atoms with Crippen molar-refractivity contribution in [3.8, 4) is 5.75 Å². The molecule has 0 aliphatic carbocycles. The van der Waals surface area contributed by atoms with Crippen LogP contribution in [0.5, 0.6) is 5.75 Å². The van der Waals surface area contributed by atoms with Crippen LogP contribution in [0, 0.1) is 0 Å². The number of nitrogens with zero attached hydrogens (tertiary/aromatic N) is 1. The molecule has 1 aromatic rings. The molecule has 1 heterocycles. The van der Waals surface area contributed by atoms with Crippen LogP contribution in [0.4, 0.5) is 5.69 Å². The van der Waals surface area contributed by atoms with Crippen LogP contribution in [0.2, 0.25) is 0 Å². The zero-order valence-electron chi connectivity index (χ0n) is 10.2. The van der Waals surface area contributed by atoms with Crippen molar-refractivity contribution in [2.24, 2.45) is 0 Å². The molecule has 0 N–H and O–H groups in total. The summed E-state index contributed by atoms with van der Waals surface area (Å²) in [7, 11) is 0. The van der Waals surface area contributed by atoms with Crippen molar-refractivity contribution in [2.75, 3.05) is 24.7 Å². The van der Waals surface area contributed by atoms with Gasteiger partial charge in [-0.05, 0) is 19.1 Å². The fraction of sp³-hybridized carbons (Fsp3) is 0.385. The number of amides is 1. The van der Waals surface area contributed by atoms with E-state index in [0.717, 1.165) is 0 Å². The number of carbonyl (C=O) groups excluding carboxylic acids is 2. The minimum atomic E-state index is -0.414. The Labute approximate surface area is 105 Å². The van der Waals surface area contributed by atoms with Crippen molar-refractivity contribution in [3.63, 3.8) is 0 Å². The maximum Gasteiger partial charge on any atom is 0.326 e. The molecule has 0 spiro atoms. The maximum absolute atomic E-state index is 12.0. The van der Waals surface area contributed by atoms with E-state index in [4.69, 9.17) is 9.47 Å². The number of fused-ring (bicyclic) bond motifs is 1. The van der Waals surface area contributed by atoms with E-state index >= 15 is 0 Å². The van der Waals surface area contributed by atoms with Gasteiger partial charge in [-0.2, -0.15) is 0 Å². The summed E-state index contributed by atoms with van der Waals surface area (Å²) in [5, 5.41) is 0. The Kier molecular flexibility index (Phi) is 3.82. The van der Waals surface area contributed by atoms with Crippen LogP contribution in [0.1, 0.15) is 13.3 Å². The SMILES string of the molecule is CCOC(=O)CN1C(=O)CCOc2ccccc21. The Balaban J connectivity index is 2.25. The van der Waals surface area contributed by atoms with Crippen molar-refractivity contribution in [2.45, 2.75) is 13.3 Å². The normalized spacial score (nSPS) is 14.5. The molecule has 0 saturated carbocycles. The second-order valence-electron chi connectivity index (χ2n) is 3.85. The molecule has 0 unspecified atom stereocenters. The highest BCUT2D eigenvalue weighted by atomic mass is 16.5. The highest BCUT2D eigenvalue weighted by Gasteiger charge is 2.25. The second kappa shape index (κ2) is 5.53. The minimum absolute atomic E-state index is 0.0763. The zero-order valence-corrected chi connectivity index (χ0v) is 10.2. The number of hydrogen-bond acceptors (Lipinski definition) is 4. The summed E-state index contributed by atoms with van der Waals surface area (Å²) < 4.78 is 10.4. The number of benzene rings is 1. The van der Waals surface area contributed by atoms with Gasteiger partial charge in [0, 0.05) is 0 Å². The molecule has 0 fully saturated rings. The van der Waals surface area contributed by atoms with Gasteiger partial charge in [0.1, 0.15) is 12.3 Å². The lowest BCUT2D eigenvalue weighted by Gasteiger charge is -2.20. The van der Waals surface area contributed by atoms with E-state index in [1.807, 2.05) is 6.07 Å².